The van der Waals surface area contributed by atoms with Crippen LogP contribution in [0.3, 0.4) is 0 Å². The first-order chi connectivity index (χ1) is 16.6. The lowest BCUT2D eigenvalue weighted by molar-refractivity contribution is -0.139. The van der Waals surface area contributed by atoms with Crippen LogP contribution in [-0.2, 0) is 22.4 Å². The molecule has 0 unspecified atom stereocenters. The van der Waals surface area contributed by atoms with Gasteiger partial charge in [0.2, 0.25) is 11.8 Å². The zero-order chi connectivity index (χ0) is 23.5. The summed E-state index contributed by atoms with van der Waals surface area (Å²) < 4.78 is 5.80. The van der Waals surface area contributed by atoms with Crippen LogP contribution in [0.5, 0.6) is 0 Å². The fraction of sp³-hybridized carbons (Fsp3) is 0.269. The Labute approximate surface area is 202 Å². The van der Waals surface area contributed by atoms with Gasteiger partial charge in [-0.1, -0.05) is 41.9 Å². The SMILES string of the molecule is O=C(CCc1ncc(-c2ccccc2Cl)o1)N1CCN(C(=O)Cc2c[nH]c3ccccc23)CC1. The first-order valence-corrected chi connectivity index (χ1v) is 11.8. The topological polar surface area (TPSA) is 82.4 Å². The number of halogens is 1. The maximum absolute atomic E-state index is 12.8. The van der Waals surface area contributed by atoms with Crippen molar-refractivity contribution in [2.75, 3.05) is 26.2 Å². The van der Waals surface area contributed by atoms with Gasteiger partial charge < -0.3 is 19.2 Å². The van der Waals surface area contributed by atoms with Crippen molar-refractivity contribution in [3.8, 4) is 11.3 Å². The minimum absolute atomic E-state index is 0.0428. The molecule has 1 fully saturated rings. The van der Waals surface area contributed by atoms with E-state index in [2.05, 4.69) is 9.97 Å². The summed E-state index contributed by atoms with van der Waals surface area (Å²) in [6.07, 6.45) is 4.63. The van der Waals surface area contributed by atoms with Crippen LogP contribution in [0.2, 0.25) is 5.02 Å². The van der Waals surface area contributed by atoms with Crippen molar-refractivity contribution in [3.05, 3.63) is 77.4 Å². The summed E-state index contributed by atoms with van der Waals surface area (Å²) in [7, 11) is 0. The summed E-state index contributed by atoms with van der Waals surface area (Å²) in [6, 6.07) is 15.4. The highest BCUT2D eigenvalue weighted by Crippen LogP contribution is 2.28. The van der Waals surface area contributed by atoms with Gasteiger partial charge in [-0.05, 0) is 23.8 Å². The normalized spacial score (nSPS) is 14.0. The molecule has 0 radical (unpaired) electrons. The largest absolute Gasteiger partial charge is 0.441 e. The van der Waals surface area contributed by atoms with Crippen molar-refractivity contribution in [2.24, 2.45) is 0 Å². The lowest BCUT2D eigenvalue weighted by Crippen LogP contribution is -2.51. The molecular weight excluding hydrogens is 452 g/mol. The number of rotatable bonds is 6. The van der Waals surface area contributed by atoms with E-state index in [1.54, 1.807) is 12.3 Å². The lowest BCUT2D eigenvalue weighted by atomic mass is 10.1. The second-order valence-electron chi connectivity index (χ2n) is 8.40. The molecule has 8 heteroatoms. The number of benzene rings is 2. The molecule has 174 valence electrons. The van der Waals surface area contributed by atoms with Gasteiger partial charge in [-0.25, -0.2) is 4.98 Å². The van der Waals surface area contributed by atoms with E-state index in [0.29, 0.717) is 62.1 Å². The van der Waals surface area contributed by atoms with Gasteiger partial charge in [-0.2, -0.15) is 0 Å². The maximum Gasteiger partial charge on any atom is 0.227 e. The van der Waals surface area contributed by atoms with E-state index in [0.717, 1.165) is 22.0 Å². The minimum Gasteiger partial charge on any atom is -0.441 e. The number of carbonyl (C=O) groups is 2. The van der Waals surface area contributed by atoms with Gasteiger partial charge >= 0.3 is 0 Å². The molecule has 7 nitrogen and oxygen atoms in total. The Morgan fingerprint density at radius 1 is 0.971 bits per heavy atom. The molecule has 3 heterocycles. The minimum atomic E-state index is 0.0428. The second-order valence-corrected chi connectivity index (χ2v) is 8.80. The number of H-pyrrole nitrogens is 1. The van der Waals surface area contributed by atoms with Crippen LogP contribution in [0.15, 0.2) is 65.3 Å². The molecule has 1 N–H and O–H groups in total. The number of aryl methyl sites for hydroxylation is 1. The number of hydrogen-bond donors (Lipinski definition) is 1. The van der Waals surface area contributed by atoms with E-state index >= 15 is 0 Å². The summed E-state index contributed by atoms with van der Waals surface area (Å²) in [5.41, 5.74) is 2.81. The summed E-state index contributed by atoms with van der Waals surface area (Å²) in [4.78, 5) is 36.7. The molecule has 2 aromatic heterocycles. The molecule has 1 aliphatic rings. The first-order valence-electron chi connectivity index (χ1n) is 11.4. The van der Waals surface area contributed by atoms with Crippen molar-refractivity contribution < 1.29 is 14.0 Å². The standard InChI is InChI=1S/C26H25ClN4O3/c27-21-7-3-1-6-20(21)23-17-29-24(34-23)9-10-25(32)30-11-13-31(14-12-30)26(33)15-18-16-28-22-8-4-2-5-19(18)22/h1-8,16-17,28H,9-15H2. The van der Waals surface area contributed by atoms with Crippen molar-refractivity contribution >= 4 is 34.3 Å². The number of nitrogens with one attached hydrogen (secondary N) is 1. The van der Waals surface area contributed by atoms with Crippen LogP contribution in [0.1, 0.15) is 17.9 Å². The van der Waals surface area contributed by atoms with Gasteiger partial charge in [-0.3, -0.25) is 9.59 Å². The van der Waals surface area contributed by atoms with Crippen molar-refractivity contribution in [3.63, 3.8) is 0 Å². The quantitative estimate of drug-likeness (QED) is 0.449. The van der Waals surface area contributed by atoms with Crippen molar-refractivity contribution in [2.45, 2.75) is 19.3 Å². The van der Waals surface area contributed by atoms with Crippen molar-refractivity contribution in [1.29, 1.82) is 0 Å². The average molecular weight is 477 g/mol. The zero-order valence-corrected chi connectivity index (χ0v) is 19.4. The van der Waals surface area contributed by atoms with Gasteiger partial charge in [0.15, 0.2) is 11.7 Å². The molecule has 2 amide bonds. The molecule has 0 saturated carbocycles. The zero-order valence-electron chi connectivity index (χ0n) is 18.7. The number of para-hydroxylation sites is 1. The highest BCUT2D eigenvalue weighted by atomic mass is 35.5. The fourth-order valence-corrected chi connectivity index (χ4v) is 4.57. The molecule has 1 saturated heterocycles. The second kappa shape index (κ2) is 9.73. The molecule has 4 aromatic rings. The van der Waals surface area contributed by atoms with Crippen LogP contribution < -0.4 is 0 Å². The number of amides is 2. The van der Waals surface area contributed by atoms with Gasteiger partial charge in [0.1, 0.15) is 0 Å². The van der Waals surface area contributed by atoms with Gasteiger partial charge in [-0.15, -0.1) is 0 Å². The van der Waals surface area contributed by atoms with E-state index in [9.17, 15) is 9.59 Å². The number of nitrogens with zero attached hydrogens (tertiary/aromatic N) is 3. The third-order valence-corrected chi connectivity index (χ3v) is 6.58. The summed E-state index contributed by atoms with van der Waals surface area (Å²) in [6.45, 7) is 2.16. The molecule has 0 spiro atoms. The molecule has 0 bridgehead atoms. The van der Waals surface area contributed by atoms with Crippen LogP contribution in [0.25, 0.3) is 22.2 Å². The molecule has 34 heavy (non-hydrogen) atoms. The Hall–Kier alpha value is -3.58. The van der Waals surface area contributed by atoms with Crippen LogP contribution in [-0.4, -0.2) is 57.8 Å². The molecule has 5 rings (SSSR count). The van der Waals surface area contributed by atoms with Crippen LogP contribution in [0, 0.1) is 0 Å². The smallest absolute Gasteiger partial charge is 0.227 e. The summed E-state index contributed by atoms with van der Waals surface area (Å²) in [5.74, 6) is 1.23. The molecule has 1 aliphatic heterocycles. The third-order valence-electron chi connectivity index (χ3n) is 6.25. The Morgan fingerprint density at radius 2 is 1.68 bits per heavy atom. The van der Waals surface area contributed by atoms with Crippen molar-refractivity contribution in [1.82, 2.24) is 19.8 Å². The molecule has 0 aliphatic carbocycles. The van der Waals surface area contributed by atoms with E-state index in [4.69, 9.17) is 16.0 Å². The Morgan fingerprint density at radius 3 is 2.47 bits per heavy atom. The van der Waals surface area contributed by atoms with Crippen LogP contribution in [0.4, 0.5) is 0 Å². The van der Waals surface area contributed by atoms with Gasteiger partial charge in [0.05, 0.1) is 17.6 Å². The fourth-order valence-electron chi connectivity index (χ4n) is 4.34. The van der Waals surface area contributed by atoms with E-state index in [1.807, 2.05) is 58.5 Å². The number of piperazine rings is 1. The highest BCUT2D eigenvalue weighted by Gasteiger charge is 2.25. The van der Waals surface area contributed by atoms with Gasteiger partial charge in [0.25, 0.3) is 0 Å². The number of aromatic nitrogens is 2. The predicted octanol–water partition coefficient (Wildman–Crippen LogP) is 4.32. The number of aromatic amines is 1. The molecule has 0 atom stereocenters. The number of hydrogen-bond acceptors (Lipinski definition) is 4. The summed E-state index contributed by atoms with van der Waals surface area (Å²) in [5, 5.41) is 1.67. The van der Waals surface area contributed by atoms with Crippen LogP contribution >= 0.6 is 11.6 Å². The van der Waals surface area contributed by atoms with E-state index < -0.39 is 0 Å². The Bertz CT molecular complexity index is 1320. The first kappa shape index (κ1) is 22.2. The number of fused-ring (bicyclic) bond motifs is 1. The molecular formula is C26H25ClN4O3. The maximum atomic E-state index is 12.8. The van der Waals surface area contributed by atoms with E-state index in [-0.39, 0.29) is 11.8 Å². The van der Waals surface area contributed by atoms with Gasteiger partial charge in [0, 0.05) is 61.7 Å². The highest BCUT2D eigenvalue weighted by molar-refractivity contribution is 6.33. The summed E-state index contributed by atoms with van der Waals surface area (Å²) >= 11 is 6.22. The Kier molecular flexibility index (Phi) is 6.36. The Balaban J connectivity index is 1.11. The average Bonchev–Trinajstić information content (AvgIpc) is 3.50. The predicted molar refractivity (Wildman–Crippen MR) is 130 cm³/mol. The number of carbonyl (C=O) groups excluding carboxylic acids is 2. The monoisotopic (exact) mass is 476 g/mol. The lowest BCUT2D eigenvalue weighted by Gasteiger charge is -2.34. The van der Waals surface area contributed by atoms with E-state index in [1.165, 1.54) is 0 Å². The third kappa shape index (κ3) is 4.70. The number of oxazole rings is 1. The molecule has 2 aromatic carbocycles.